The molecule has 0 unspecified atom stereocenters. The molecule has 0 radical (unpaired) electrons. The first-order valence-corrected chi connectivity index (χ1v) is 5.37. The maximum atomic E-state index is 4.36. The van der Waals surface area contributed by atoms with Crippen LogP contribution in [0.15, 0.2) is 24.7 Å². The van der Waals surface area contributed by atoms with Gasteiger partial charge in [0.1, 0.15) is 5.82 Å². The van der Waals surface area contributed by atoms with Gasteiger partial charge in [-0.05, 0) is 12.5 Å². The fourth-order valence-electron chi connectivity index (χ4n) is 1.47. The van der Waals surface area contributed by atoms with E-state index in [9.17, 15) is 0 Å². The average molecular weight is 217 g/mol. The Morgan fingerprint density at radius 2 is 2.31 bits per heavy atom. The molecule has 0 atom stereocenters. The third kappa shape index (κ3) is 2.18. The summed E-state index contributed by atoms with van der Waals surface area (Å²) in [6.07, 6.45) is 6.58. The normalized spacial score (nSPS) is 10.4. The lowest BCUT2D eigenvalue weighted by Crippen LogP contribution is -1.96. The van der Waals surface area contributed by atoms with Gasteiger partial charge in [0, 0.05) is 26.0 Å². The van der Waals surface area contributed by atoms with Crippen LogP contribution in [0.5, 0.6) is 0 Å². The monoisotopic (exact) mass is 217 g/mol. The lowest BCUT2D eigenvalue weighted by atomic mass is 10.3. The van der Waals surface area contributed by atoms with Crippen molar-refractivity contribution < 1.29 is 0 Å². The molecule has 0 aliphatic carbocycles. The molecule has 0 bridgehead atoms. The SMILES string of the molecule is CCCn1cc(-c2nccc(NC)n2)cn1. The van der Waals surface area contributed by atoms with Gasteiger partial charge in [-0.2, -0.15) is 5.10 Å². The lowest BCUT2D eigenvalue weighted by molar-refractivity contribution is 0.603. The van der Waals surface area contributed by atoms with Gasteiger partial charge < -0.3 is 5.32 Å². The van der Waals surface area contributed by atoms with E-state index in [0.717, 1.165) is 24.3 Å². The van der Waals surface area contributed by atoms with Crippen LogP contribution in [0, 0.1) is 0 Å². The van der Waals surface area contributed by atoms with E-state index in [2.05, 4.69) is 27.3 Å². The van der Waals surface area contributed by atoms with Gasteiger partial charge in [0.05, 0.1) is 11.8 Å². The summed E-state index contributed by atoms with van der Waals surface area (Å²) in [4.78, 5) is 8.59. The Hall–Kier alpha value is -1.91. The van der Waals surface area contributed by atoms with Crippen LogP contribution in [-0.4, -0.2) is 26.8 Å². The van der Waals surface area contributed by atoms with E-state index in [1.165, 1.54) is 0 Å². The van der Waals surface area contributed by atoms with Gasteiger partial charge in [-0.15, -0.1) is 0 Å². The van der Waals surface area contributed by atoms with Crippen molar-refractivity contribution in [3.05, 3.63) is 24.7 Å². The van der Waals surface area contributed by atoms with Crippen LogP contribution in [0.3, 0.4) is 0 Å². The predicted molar refractivity (Wildman–Crippen MR) is 63.1 cm³/mol. The standard InChI is InChI=1S/C11H15N5/c1-3-6-16-8-9(7-14-16)11-13-5-4-10(12-2)15-11/h4-5,7-8H,3,6H2,1-2H3,(H,12,13,15). The van der Waals surface area contributed by atoms with Gasteiger partial charge in [-0.1, -0.05) is 6.92 Å². The number of aryl methyl sites for hydroxylation is 1. The second-order valence-electron chi connectivity index (χ2n) is 3.51. The van der Waals surface area contributed by atoms with Crippen LogP contribution in [0.2, 0.25) is 0 Å². The molecule has 5 heteroatoms. The van der Waals surface area contributed by atoms with Crippen molar-refractivity contribution in [2.75, 3.05) is 12.4 Å². The fourth-order valence-corrected chi connectivity index (χ4v) is 1.47. The summed E-state index contributed by atoms with van der Waals surface area (Å²) < 4.78 is 1.91. The van der Waals surface area contributed by atoms with Crippen LogP contribution in [0.1, 0.15) is 13.3 Å². The zero-order chi connectivity index (χ0) is 11.4. The third-order valence-corrected chi connectivity index (χ3v) is 2.26. The summed E-state index contributed by atoms with van der Waals surface area (Å²) in [6.45, 7) is 3.05. The molecule has 2 rings (SSSR count). The summed E-state index contributed by atoms with van der Waals surface area (Å²) in [6, 6.07) is 1.83. The molecule has 0 saturated carbocycles. The molecule has 0 aliphatic rings. The average Bonchev–Trinajstić information content (AvgIpc) is 2.78. The maximum absolute atomic E-state index is 4.36. The van der Waals surface area contributed by atoms with E-state index in [0.29, 0.717) is 5.82 Å². The third-order valence-electron chi connectivity index (χ3n) is 2.26. The fraction of sp³-hybridized carbons (Fsp3) is 0.364. The number of aromatic nitrogens is 4. The molecule has 2 heterocycles. The smallest absolute Gasteiger partial charge is 0.164 e. The molecule has 0 aliphatic heterocycles. The first-order chi connectivity index (χ1) is 7.83. The topological polar surface area (TPSA) is 55.6 Å². The first-order valence-electron chi connectivity index (χ1n) is 5.37. The van der Waals surface area contributed by atoms with Crippen molar-refractivity contribution in [1.29, 1.82) is 0 Å². The number of hydrogen-bond acceptors (Lipinski definition) is 4. The minimum atomic E-state index is 0.703. The highest BCUT2D eigenvalue weighted by molar-refractivity contribution is 5.54. The van der Waals surface area contributed by atoms with Gasteiger partial charge in [0.2, 0.25) is 0 Å². The molecular formula is C11H15N5. The van der Waals surface area contributed by atoms with E-state index in [-0.39, 0.29) is 0 Å². The summed E-state index contributed by atoms with van der Waals surface area (Å²) in [7, 11) is 1.84. The Balaban J connectivity index is 2.27. The van der Waals surface area contributed by atoms with Crippen LogP contribution < -0.4 is 5.32 Å². The van der Waals surface area contributed by atoms with Crippen LogP contribution >= 0.6 is 0 Å². The van der Waals surface area contributed by atoms with Gasteiger partial charge in [0.15, 0.2) is 5.82 Å². The second kappa shape index (κ2) is 4.74. The minimum Gasteiger partial charge on any atom is -0.373 e. The molecule has 16 heavy (non-hydrogen) atoms. The number of nitrogens with zero attached hydrogens (tertiary/aromatic N) is 4. The quantitative estimate of drug-likeness (QED) is 0.848. The maximum Gasteiger partial charge on any atom is 0.164 e. The first kappa shape index (κ1) is 10.6. The Labute approximate surface area is 94.5 Å². The Morgan fingerprint density at radius 1 is 1.44 bits per heavy atom. The summed E-state index contributed by atoms with van der Waals surface area (Å²) >= 11 is 0. The van der Waals surface area contributed by atoms with Crippen molar-refractivity contribution in [3.63, 3.8) is 0 Å². The Morgan fingerprint density at radius 3 is 3.06 bits per heavy atom. The van der Waals surface area contributed by atoms with Crippen molar-refractivity contribution in [2.24, 2.45) is 0 Å². The number of anilines is 1. The van der Waals surface area contributed by atoms with Crippen molar-refractivity contribution in [1.82, 2.24) is 19.7 Å². The van der Waals surface area contributed by atoms with Gasteiger partial charge in [0.25, 0.3) is 0 Å². The van der Waals surface area contributed by atoms with Crippen LogP contribution in [-0.2, 0) is 6.54 Å². The summed E-state index contributed by atoms with van der Waals surface area (Å²) in [5.74, 6) is 1.52. The summed E-state index contributed by atoms with van der Waals surface area (Å²) in [5, 5.41) is 7.24. The molecule has 1 N–H and O–H groups in total. The van der Waals surface area contributed by atoms with E-state index in [4.69, 9.17) is 0 Å². The molecule has 0 fully saturated rings. The highest BCUT2D eigenvalue weighted by Crippen LogP contribution is 2.14. The zero-order valence-electron chi connectivity index (χ0n) is 9.51. The predicted octanol–water partition coefficient (Wildman–Crippen LogP) is 1.79. The lowest BCUT2D eigenvalue weighted by Gasteiger charge is -2.00. The van der Waals surface area contributed by atoms with Gasteiger partial charge in [-0.25, -0.2) is 9.97 Å². The number of hydrogen-bond donors (Lipinski definition) is 1. The molecule has 2 aromatic rings. The Bertz CT molecular complexity index is 463. The van der Waals surface area contributed by atoms with E-state index >= 15 is 0 Å². The number of nitrogens with one attached hydrogen (secondary N) is 1. The van der Waals surface area contributed by atoms with E-state index in [1.807, 2.05) is 24.0 Å². The Kier molecular flexibility index (Phi) is 3.14. The molecule has 0 saturated heterocycles. The summed E-state index contributed by atoms with van der Waals surface area (Å²) in [5.41, 5.74) is 0.950. The molecule has 5 nitrogen and oxygen atoms in total. The molecular weight excluding hydrogens is 202 g/mol. The molecule has 0 amide bonds. The van der Waals surface area contributed by atoms with Crippen molar-refractivity contribution in [3.8, 4) is 11.4 Å². The molecule has 2 aromatic heterocycles. The minimum absolute atomic E-state index is 0.703. The van der Waals surface area contributed by atoms with Crippen molar-refractivity contribution >= 4 is 5.82 Å². The zero-order valence-corrected chi connectivity index (χ0v) is 9.51. The molecule has 0 aromatic carbocycles. The van der Waals surface area contributed by atoms with E-state index in [1.54, 1.807) is 12.4 Å². The number of rotatable bonds is 4. The van der Waals surface area contributed by atoms with Crippen molar-refractivity contribution in [2.45, 2.75) is 19.9 Å². The molecule has 0 spiro atoms. The largest absolute Gasteiger partial charge is 0.373 e. The van der Waals surface area contributed by atoms with Gasteiger partial charge >= 0.3 is 0 Å². The van der Waals surface area contributed by atoms with Crippen LogP contribution in [0.25, 0.3) is 11.4 Å². The van der Waals surface area contributed by atoms with E-state index < -0.39 is 0 Å². The van der Waals surface area contributed by atoms with Crippen LogP contribution in [0.4, 0.5) is 5.82 Å². The van der Waals surface area contributed by atoms with Gasteiger partial charge in [-0.3, -0.25) is 4.68 Å². The molecule has 84 valence electrons. The highest BCUT2D eigenvalue weighted by Gasteiger charge is 2.04. The highest BCUT2D eigenvalue weighted by atomic mass is 15.3. The second-order valence-corrected chi connectivity index (χ2v) is 3.51.